The van der Waals surface area contributed by atoms with E-state index in [1.54, 1.807) is 0 Å². The molecule has 0 saturated carbocycles. The zero-order valence-electron chi connectivity index (χ0n) is 39.8. The molecule has 11 aromatic carbocycles. The van der Waals surface area contributed by atoms with Crippen LogP contribution in [0.1, 0.15) is 47.2 Å². The molecule has 334 valence electrons. The van der Waals surface area contributed by atoms with Gasteiger partial charge in [-0.05, 0) is 148 Å². The molecule has 0 aromatic heterocycles. The van der Waals surface area contributed by atoms with E-state index in [1.165, 1.54) is 106 Å². The standard InChI is InChI=1S/C70H49N/c1-69(2)62-33-13-8-27-56(62)59-43-42-51(45-67(59)69)71(49-40-38-47(39-41-49)46-20-4-3-5-21-46)50-23-18-22-48(44-50)52-31-19-32-60-54-25-7-6-24-53(54)55-26-9-14-34-63(55)70(66-37-17-12-30-61(66)68(52)60)64-35-15-10-28-57(64)58-29-11-16-36-65(58)70/h3-45H,1-2H3. The molecule has 0 amide bonds. The summed E-state index contributed by atoms with van der Waals surface area (Å²) in [5, 5.41) is 0. The molecule has 11 aromatic rings. The monoisotopic (exact) mass is 903 g/mol. The van der Waals surface area contributed by atoms with E-state index in [9.17, 15) is 0 Å². The van der Waals surface area contributed by atoms with Crippen molar-refractivity contribution in [2.24, 2.45) is 0 Å². The highest BCUT2D eigenvalue weighted by atomic mass is 15.1. The summed E-state index contributed by atoms with van der Waals surface area (Å²) in [5.41, 5.74) is 27.9. The third kappa shape index (κ3) is 6.06. The molecular formula is C70H49N. The van der Waals surface area contributed by atoms with Crippen LogP contribution in [0.25, 0.3) is 77.9 Å². The van der Waals surface area contributed by atoms with Gasteiger partial charge in [-0.1, -0.05) is 238 Å². The van der Waals surface area contributed by atoms with Crippen LogP contribution in [-0.2, 0) is 10.8 Å². The Bertz CT molecular complexity index is 3870. The van der Waals surface area contributed by atoms with Crippen LogP contribution in [0.2, 0.25) is 0 Å². The molecule has 0 N–H and O–H groups in total. The average Bonchev–Trinajstić information content (AvgIpc) is 3.88. The molecule has 1 nitrogen and oxygen atoms in total. The summed E-state index contributed by atoms with van der Waals surface area (Å²) < 4.78 is 0. The Morgan fingerprint density at radius 2 is 0.634 bits per heavy atom. The van der Waals surface area contributed by atoms with Gasteiger partial charge in [0.2, 0.25) is 0 Å². The molecule has 0 heterocycles. The molecule has 0 aliphatic heterocycles. The van der Waals surface area contributed by atoms with Crippen LogP contribution in [-0.4, -0.2) is 0 Å². The lowest BCUT2D eigenvalue weighted by Crippen LogP contribution is -2.30. The number of hydrogen-bond acceptors (Lipinski definition) is 1. The van der Waals surface area contributed by atoms with Gasteiger partial charge in [-0.3, -0.25) is 0 Å². The first kappa shape index (κ1) is 41.2. The van der Waals surface area contributed by atoms with Crippen LogP contribution in [0.5, 0.6) is 0 Å². The van der Waals surface area contributed by atoms with Crippen LogP contribution in [0.4, 0.5) is 17.1 Å². The third-order valence-corrected chi connectivity index (χ3v) is 15.9. The smallest absolute Gasteiger partial charge is 0.0725 e. The highest BCUT2D eigenvalue weighted by molar-refractivity contribution is 6.03. The molecule has 3 aliphatic rings. The van der Waals surface area contributed by atoms with E-state index in [0.717, 1.165) is 22.6 Å². The molecule has 1 spiro atoms. The molecule has 0 unspecified atom stereocenters. The van der Waals surface area contributed by atoms with E-state index in [2.05, 4.69) is 280 Å². The van der Waals surface area contributed by atoms with E-state index in [4.69, 9.17) is 0 Å². The number of anilines is 3. The lowest BCUT2D eigenvalue weighted by Gasteiger charge is -2.37. The summed E-state index contributed by atoms with van der Waals surface area (Å²) in [6, 6.07) is 97.8. The van der Waals surface area contributed by atoms with Crippen LogP contribution in [0.3, 0.4) is 0 Å². The molecule has 71 heavy (non-hydrogen) atoms. The number of benzene rings is 11. The zero-order chi connectivity index (χ0) is 47.3. The fourth-order valence-electron chi connectivity index (χ4n) is 12.8. The van der Waals surface area contributed by atoms with Gasteiger partial charge in [0.1, 0.15) is 0 Å². The topological polar surface area (TPSA) is 3.24 Å². The summed E-state index contributed by atoms with van der Waals surface area (Å²) in [5.74, 6) is 0. The Morgan fingerprint density at radius 1 is 0.239 bits per heavy atom. The predicted molar refractivity (Wildman–Crippen MR) is 297 cm³/mol. The summed E-state index contributed by atoms with van der Waals surface area (Å²) in [4.78, 5) is 2.45. The molecule has 0 saturated heterocycles. The Labute approximate surface area is 416 Å². The van der Waals surface area contributed by atoms with E-state index in [0.29, 0.717) is 0 Å². The maximum atomic E-state index is 2.45. The minimum absolute atomic E-state index is 0.146. The number of hydrogen-bond donors (Lipinski definition) is 0. The largest absolute Gasteiger partial charge is 0.310 e. The van der Waals surface area contributed by atoms with Gasteiger partial charge in [0, 0.05) is 22.5 Å². The van der Waals surface area contributed by atoms with Gasteiger partial charge in [0.25, 0.3) is 0 Å². The van der Waals surface area contributed by atoms with E-state index in [1.807, 2.05) is 0 Å². The number of rotatable bonds is 5. The molecule has 14 rings (SSSR count). The predicted octanol–water partition coefficient (Wildman–Crippen LogP) is 18.5. The van der Waals surface area contributed by atoms with Gasteiger partial charge in [-0.25, -0.2) is 0 Å². The van der Waals surface area contributed by atoms with Crippen LogP contribution in [0.15, 0.2) is 261 Å². The van der Waals surface area contributed by atoms with Crippen molar-refractivity contribution in [2.45, 2.75) is 24.7 Å². The SMILES string of the molecule is CC1(C)c2ccccc2-c2ccc(N(c3ccc(-c4ccccc4)cc3)c3cccc(-c4cccc5c4-c4ccccc4C4(c6ccccc6-c6ccccc6-5)c5ccccc5-c5ccccc54)c3)cc21. The van der Waals surface area contributed by atoms with Crippen molar-refractivity contribution in [3.63, 3.8) is 0 Å². The lowest BCUT2D eigenvalue weighted by atomic mass is 9.64. The minimum Gasteiger partial charge on any atom is -0.310 e. The molecule has 0 bridgehead atoms. The van der Waals surface area contributed by atoms with Crippen molar-refractivity contribution in [1.82, 2.24) is 0 Å². The fraction of sp³-hybridized carbons (Fsp3) is 0.0571. The maximum absolute atomic E-state index is 2.45. The highest BCUT2D eigenvalue weighted by Crippen LogP contribution is 2.61. The van der Waals surface area contributed by atoms with Gasteiger partial charge < -0.3 is 4.90 Å². The van der Waals surface area contributed by atoms with Crippen molar-refractivity contribution in [1.29, 1.82) is 0 Å². The van der Waals surface area contributed by atoms with Crippen LogP contribution < -0.4 is 4.90 Å². The Kier molecular flexibility index (Phi) is 9.22. The number of fused-ring (bicyclic) bond motifs is 17. The van der Waals surface area contributed by atoms with Crippen molar-refractivity contribution < 1.29 is 0 Å². The Morgan fingerprint density at radius 3 is 1.27 bits per heavy atom. The first-order valence-electron chi connectivity index (χ1n) is 24.9. The number of nitrogens with zero attached hydrogens (tertiary/aromatic N) is 1. The molecule has 0 radical (unpaired) electrons. The van der Waals surface area contributed by atoms with Crippen LogP contribution >= 0.6 is 0 Å². The summed E-state index contributed by atoms with van der Waals surface area (Å²) in [6.07, 6.45) is 0. The Balaban J connectivity index is 1.02. The van der Waals surface area contributed by atoms with Gasteiger partial charge in [-0.15, -0.1) is 0 Å². The van der Waals surface area contributed by atoms with Gasteiger partial charge in [-0.2, -0.15) is 0 Å². The lowest BCUT2D eigenvalue weighted by molar-refractivity contribution is 0.660. The summed E-state index contributed by atoms with van der Waals surface area (Å²) in [6.45, 7) is 4.74. The second-order valence-electron chi connectivity index (χ2n) is 19.9. The first-order chi connectivity index (χ1) is 35.0. The Hall–Kier alpha value is -8.78. The van der Waals surface area contributed by atoms with E-state index in [-0.39, 0.29) is 5.41 Å². The van der Waals surface area contributed by atoms with E-state index < -0.39 is 5.41 Å². The minimum atomic E-state index is -0.603. The fourth-order valence-corrected chi connectivity index (χ4v) is 12.8. The normalized spacial score (nSPS) is 13.7. The second kappa shape index (κ2) is 15.9. The summed E-state index contributed by atoms with van der Waals surface area (Å²) >= 11 is 0. The van der Waals surface area contributed by atoms with Gasteiger partial charge in [0.05, 0.1) is 5.41 Å². The van der Waals surface area contributed by atoms with Crippen molar-refractivity contribution in [3.8, 4) is 77.9 Å². The molecule has 0 atom stereocenters. The van der Waals surface area contributed by atoms with Crippen molar-refractivity contribution in [2.75, 3.05) is 4.90 Å². The second-order valence-corrected chi connectivity index (χ2v) is 19.9. The summed E-state index contributed by atoms with van der Waals surface area (Å²) in [7, 11) is 0. The highest BCUT2D eigenvalue weighted by Gasteiger charge is 2.49. The third-order valence-electron chi connectivity index (χ3n) is 15.9. The van der Waals surface area contributed by atoms with Crippen molar-refractivity contribution >= 4 is 17.1 Å². The first-order valence-corrected chi connectivity index (χ1v) is 24.9. The molecule has 3 aliphatic carbocycles. The molecular weight excluding hydrogens is 855 g/mol. The van der Waals surface area contributed by atoms with Gasteiger partial charge in [0.15, 0.2) is 0 Å². The molecule has 1 heteroatoms. The van der Waals surface area contributed by atoms with Crippen LogP contribution in [0, 0.1) is 0 Å². The zero-order valence-corrected chi connectivity index (χ0v) is 39.8. The average molecular weight is 904 g/mol. The molecule has 0 fully saturated rings. The van der Waals surface area contributed by atoms with E-state index >= 15 is 0 Å². The van der Waals surface area contributed by atoms with Crippen molar-refractivity contribution in [3.05, 3.63) is 294 Å². The quantitative estimate of drug-likeness (QED) is 0.166. The van der Waals surface area contributed by atoms with Gasteiger partial charge >= 0.3 is 0 Å². The maximum Gasteiger partial charge on any atom is 0.0725 e.